The lowest BCUT2D eigenvalue weighted by Crippen LogP contribution is -2.25. The van der Waals surface area contributed by atoms with Crippen LogP contribution in [0.5, 0.6) is 0 Å². The Morgan fingerprint density at radius 1 is 0.500 bits per heavy atom. The van der Waals surface area contributed by atoms with Gasteiger partial charge in [0.2, 0.25) is 0 Å². The molecular formula is C35H68O5. The summed E-state index contributed by atoms with van der Waals surface area (Å²) in [5.41, 5.74) is 0. The minimum absolute atomic E-state index is 0.109. The van der Waals surface area contributed by atoms with Crippen molar-refractivity contribution in [3.05, 3.63) is 0 Å². The summed E-state index contributed by atoms with van der Waals surface area (Å²) in [5.74, 6) is 0.272. The van der Waals surface area contributed by atoms with E-state index in [9.17, 15) is 14.7 Å². The molecule has 0 amide bonds. The van der Waals surface area contributed by atoms with Crippen molar-refractivity contribution >= 4 is 11.9 Å². The largest absolute Gasteiger partial charge is 0.463 e. The predicted octanol–water partition coefficient (Wildman–Crippen LogP) is 10.3. The molecule has 0 fully saturated rings. The Kier molecular flexibility index (Phi) is 30.0. The van der Waals surface area contributed by atoms with Crippen LogP contribution in [0.2, 0.25) is 0 Å². The molecule has 1 atom stereocenters. The second-order valence-electron chi connectivity index (χ2n) is 12.5. The van der Waals surface area contributed by atoms with Gasteiger partial charge in [-0.25, -0.2) is 0 Å². The van der Waals surface area contributed by atoms with Crippen LogP contribution < -0.4 is 0 Å². The van der Waals surface area contributed by atoms with Crippen molar-refractivity contribution in [1.29, 1.82) is 0 Å². The molecule has 0 saturated carbocycles. The second kappa shape index (κ2) is 30.8. The van der Waals surface area contributed by atoms with E-state index in [1.165, 1.54) is 128 Å². The highest BCUT2D eigenvalue weighted by Gasteiger charge is 2.12. The fraction of sp³-hybridized carbons (Fsp3) is 0.943. The summed E-state index contributed by atoms with van der Waals surface area (Å²) in [4.78, 5) is 23.8. The standard InChI is InChI=1S/C35H68O5/c1-4-5-6-7-8-9-10-11-12-16-19-22-25-28-34(37)39-30-33(36)31-40-35(38)29-26-23-20-17-14-13-15-18-21-24-27-32(2)3/h32-33,36H,4-31H2,1-3H3/t33-/m0/s1. The molecule has 5 nitrogen and oxygen atoms in total. The molecule has 0 radical (unpaired) electrons. The van der Waals surface area contributed by atoms with Gasteiger partial charge in [-0.1, -0.05) is 162 Å². The van der Waals surface area contributed by atoms with Gasteiger partial charge in [-0.3, -0.25) is 9.59 Å². The fourth-order valence-electron chi connectivity index (χ4n) is 5.09. The summed E-state index contributed by atoms with van der Waals surface area (Å²) in [7, 11) is 0. The molecule has 0 aromatic carbocycles. The zero-order valence-electron chi connectivity index (χ0n) is 27.0. The summed E-state index contributed by atoms with van der Waals surface area (Å²) in [6.45, 7) is 6.63. The first-order valence-electron chi connectivity index (χ1n) is 17.4. The van der Waals surface area contributed by atoms with Gasteiger partial charge in [-0.2, -0.15) is 0 Å². The van der Waals surface area contributed by atoms with E-state index in [2.05, 4.69) is 20.8 Å². The van der Waals surface area contributed by atoms with Gasteiger partial charge in [0, 0.05) is 12.8 Å². The van der Waals surface area contributed by atoms with Gasteiger partial charge < -0.3 is 14.6 Å². The topological polar surface area (TPSA) is 72.8 Å². The maximum Gasteiger partial charge on any atom is 0.305 e. The van der Waals surface area contributed by atoms with Crippen LogP contribution in [0.4, 0.5) is 0 Å². The molecule has 0 heterocycles. The third-order valence-electron chi connectivity index (χ3n) is 7.77. The van der Waals surface area contributed by atoms with Crippen molar-refractivity contribution < 1.29 is 24.2 Å². The van der Waals surface area contributed by atoms with Crippen molar-refractivity contribution in [2.75, 3.05) is 13.2 Å². The van der Waals surface area contributed by atoms with Crippen molar-refractivity contribution in [1.82, 2.24) is 0 Å². The summed E-state index contributed by atoms with van der Waals surface area (Å²) in [6, 6.07) is 0. The molecule has 238 valence electrons. The minimum atomic E-state index is -0.954. The molecule has 0 rings (SSSR count). The number of rotatable bonds is 31. The Morgan fingerprint density at radius 3 is 1.12 bits per heavy atom. The van der Waals surface area contributed by atoms with Crippen LogP contribution in [0.1, 0.15) is 188 Å². The Hall–Kier alpha value is -1.10. The SMILES string of the molecule is CCCCCCCCCCCCCCCC(=O)OC[C@H](O)COC(=O)CCCCCCCCCCCCC(C)C. The molecule has 0 aliphatic carbocycles. The van der Waals surface area contributed by atoms with Gasteiger partial charge >= 0.3 is 11.9 Å². The summed E-state index contributed by atoms with van der Waals surface area (Å²) in [5, 5.41) is 9.96. The van der Waals surface area contributed by atoms with E-state index in [1.807, 2.05) is 0 Å². The van der Waals surface area contributed by atoms with Crippen LogP contribution in [-0.2, 0) is 19.1 Å². The van der Waals surface area contributed by atoms with Crippen molar-refractivity contribution in [3.8, 4) is 0 Å². The lowest BCUT2D eigenvalue weighted by atomic mass is 10.0. The molecule has 0 spiro atoms. The number of aliphatic hydroxyl groups is 1. The summed E-state index contributed by atoms with van der Waals surface area (Å²) >= 11 is 0. The van der Waals surface area contributed by atoms with Crippen LogP contribution in [0.3, 0.4) is 0 Å². The Balaban J connectivity index is 3.40. The smallest absolute Gasteiger partial charge is 0.305 e. The number of hydrogen-bond donors (Lipinski definition) is 1. The van der Waals surface area contributed by atoms with Gasteiger partial charge in [0.05, 0.1) is 0 Å². The highest BCUT2D eigenvalue weighted by molar-refractivity contribution is 5.69. The molecule has 0 aliphatic rings. The number of esters is 2. The lowest BCUT2D eigenvalue weighted by Gasteiger charge is -2.12. The molecule has 0 bridgehead atoms. The van der Waals surface area contributed by atoms with E-state index < -0.39 is 6.10 Å². The zero-order chi connectivity index (χ0) is 29.5. The molecule has 0 saturated heterocycles. The van der Waals surface area contributed by atoms with Gasteiger partial charge in [0.1, 0.15) is 19.3 Å². The number of ether oxygens (including phenoxy) is 2. The van der Waals surface area contributed by atoms with Crippen LogP contribution in [0, 0.1) is 5.92 Å². The lowest BCUT2D eigenvalue weighted by molar-refractivity contribution is -0.152. The molecule has 5 heteroatoms. The number of hydrogen-bond acceptors (Lipinski definition) is 5. The van der Waals surface area contributed by atoms with Crippen LogP contribution >= 0.6 is 0 Å². The van der Waals surface area contributed by atoms with Crippen molar-refractivity contribution in [2.24, 2.45) is 5.92 Å². The predicted molar refractivity (Wildman–Crippen MR) is 168 cm³/mol. The second-order valence-corrected chi connectivity index (χ2v) is 12.5. The normalized spacial score (nSPS) is 12.1. The van der Waals surface area contributed by atoms with Gasteiger partial charge in [0.15, 0.2) is 0 Å². The van der Waals surface area contributed by atoms with Crippen LogP contribution in [-0.4, -0.2) is 36.4 Å². The fourth-order valence-corrected chi connectivity index (χ4v) is 5.09. The number of unbranched alkanes of at least 4 members (excludes halogenated alkanes) is 21. The average molecular weight is 569 g/mol. The molecule has 40 heavy (non-hydrogen) atoms. The van der Waals surface area contributed by atoms with Crippen molar-refractivity contribution in [3.63, 3.8) is 0 Å². The molecule has 1 N–H and O–H groups in total. The van der Waals surface area contributed by atoms with E-state index in [1.54, 1.807) is 0 Å². The van der Waals surface area contributed by atoms with E-state index in [0.29, 0.717) is 12.8 Å². The van der Waals surface area contributed by atoms with Crippen LogP contribution in [0.25, 0.3) is 0 Å². The highest BCUT2D eigenvalue weighted by Crippen LogP contribution is 2.15. The third-order valence-corrected chi connectivity index (χ3v) is 7.77. The van der Waals surface area contributed by atoms with E-state index in [4.69, 9.17) is 9.47 Å². The quantitative estimate of drug-likeness (QED) is 0.0665. The Bertz CT molecular complexity index is 548. The zero-order valence-corrected chi connectivity index (χ0v) is 27.0. The van der Waals surface area contributed by atoms with E-state index in [-0.39, 0.29) is 25.2 Å². The molecule has 0 unspecified atom stereocenters. The summed E-state index contributed by atoms with van der Waals surface area (Å²) < 4.78 is 10.3. The first-order chi connectivity index (χ1) is 19.5. The Labute approximate surface area is 248 Å². The van der Waals surface area contributed by atoms with Gasteiger partial charge in [0.25, 0.3) is 0 Å². The summed E-state index contributed by atoms with van der Waals surface area (Å²) in [6.07, 6.45) is 30.1. The number of carbonyl (C=O) groups is 2. The van der Waals surface area contributed by atoms with E-state index in [0.717, 1.165) is 31.6 Å². The third kappa shape index (κ3) is 31.4. The molecule has 0 aliphatic heterocycles. The average Bonchev–Trinajstić information content (AvgIpc) is 2.93. The molecule has 0 aromatic rings. The first kappa shape index (κ1) is 38.9. The molecule has 0 aromatic heterocycles. The maximum atomic E-state index is 11.9. The monoisotopic (exact) mass is 569 g/mol. The maximum absolute atomic E-state index is 11.9. The van der Waals surface area contributed by atoms with E-state index >= 15 is 0 Å². The molecular weight excluding hydrogens is 500 g/mol. The number of carbonyl (C=O) groups excluding carboxylic acids is 2. The van der Waals surface area contributed by atoms with Gasteiger partial charge in [-0.15, -0.1) is 0 Å². The highest BCUT2D eigenvalue weighted by atomic mass is 16.6. The van der Waals surface area contributed by atoms with Crippen molar-refractivity contribution in [2.45, 2.75) is 194 Å². The Morgan fingerprint density at radius 2 is 0.800 bits per heavy atom. The number of aliphatic hydroxyl groups excluding tert-OH is 1. The van der Waals surface area contributed by atoms with Gasteiger partial charge in [-0.05, 0) is 18.8 Å². The van der Waals surface area contributed by atoms with Crippen LogP contribution in [0.15, 0.2) is 0 Å². The first-order valence-corrected chi connectivity index (χ1v) is 17.4. The minimum Gasteiger partial charge on any atom is -0.463 e.